The van der Waals surface area contributed by atoms with Gasteiger partial charge in [-0.1, -0.05) is 6.92 Å². The molecule has 0 unspecified atom stereocenters. The van der Waals surface area contributed by atoms with Crippen LogP contribution >= 0.6 is 0 Å². The highest BCUT2D eigenvalue weighted by Crippen LogP contribution is 2.03. The van der Waals surface area contributed by atoms with E-state index in [1.54, 1.807) is 4.90 Å². The first-order chi connectivity index (χ1) is 7.13. The van der Waals surface area contributed by atoms with Crippen LogP contribution in [0, 0.1) is 0 Å². The maximum atomic E-state index is 5.68. The van der Waals surface area contributed by atoms with E-state index in [2.05, 4.69) is 23.0 Å². The van der Waals surface area contributed by atoms with Gasteiger partial charge in [-0.2, -0.15) is 0 Å². The number of aromatic nitrogens is 1. The molecule has 0 bridgehead atoms. The highest BCUT2D eigenvalue weighted by atomic mass is 15.2. The fraction of sp³-hybridized carbons (Fsp3) is 0.455. The maximum Gasteiger partial charge on any atom is 0.191 e. The molecule has 1 aromatic heterocycles. The summed E-state index contributed by atoms with van der Waals surface area (Å²) in [6, 6.07) is 4.08. The van der Waals surface area contributed by atoms with E-state index in [0.29, 0.717) is 12.5 Å². The fourth-order valence-electron chi connectivity index (χ4n) is 1.14. The van der Waals surface area contributed by atoms with Gasteiger partial charge in [-0.3, -0.25) is 4.98 Å². The van der Waals surface area contributed by atoms with Gasteiger partial charge < -0.3 is 10.6 Å². The van der Waals surface area contributed by atoms with E-state index < -0.39 is 0 Å². The highest BCUT2D eigenvalue weighted by Gasteiger charge is 1.97. The van der Waals surface area contributed by atoms with Gasteiger partial charge >= 0.3 is 0 Å². The Bertz CT molecular complexity index is 344. The quantitative estimate of drug-likeness (QED) is 0.593. The third-order valence-corrected chi connectivity index (χ3v) is 2.15. The summed E-state index contributed by atoms with van der Waals surface area (Å²) in [6.07, 6.45) is 2.83. The van der Waals surface area contributed by atoms with E-state index in [-0.39, 0.29) is 0 Å². The molecule has 1 aromatic rings. The summed E-state index contributed by atoms with van der Waals surface area (Å²) in [5, 5.41) is 0. The highest BCUT2D eigenvalue weighted by molar-refractivity contribution is 5.77. The minimum atomic E-state index is 0.527. The number of nitrogens with zero attached hydrogens (tertiary/aromatic N) is 3. The zero-order valence-electron chi connectivity index (χ0n) is 9.57. The van der Waals surface area contributed by atoms with Crippen LogP contribution in [0.15, 0.2) is 23.3 Å². The van der Waals surface area contributed by atoms with Crippen molar-refractivity contribution in [3.8, 4) is 0 Å². The molecular formula is C11H18N4. The van der Waals surface area contributed by atoms with Crippen molar-refractivity contribution >= 4 is 5.96 Å². The van der Waals surface area contributed by atoms with Gasteiger partial charge in [0.25, 0.3) is 0 Å². The summed E-state index contributed by atoms with van der Waals surface area (Å²) in [7, 11) is 3.74. The lowest BCUT2D eigenvalue weighted by molar-refractivity contribution is 0.608. The van der Waals surface area contributed by atoms with Crippen molar-refractivity contribution in [2.24, 2.45) is 10.7 Å². The molecule has 0 atom stereocenters. The molecule has 0 aliphatic heterocycles. The molecule has 0 radical (unpaired) electrons. The van der Waals surface area contributed by atoms with E-state index >= 15 is 0 Å². The second-order valence-electron chi connectivity index (χ2n) is 3.58. The number of nitrogens with two attached hydrogens (primary N) is 1. The number of hydrogen-bond donors (Lipinski definition) is 1. The van der Waals surface area contributed by atoms with Crippen LogP contribution < -0.4 is 5.73 Å². The third kappa shape index (κ3) is 3.58. The van der Waals surface area contributed by atoms with Crippen LogP contribution in [-0.2, 0) is 13.0 Å². The molecule has 0 amide bonds. The summed E-state index contributed by atoms with van der Waals surface area (Å²) >= 11 is 0. The second kappa shape index (κ2) is 5.34. The molecule has 2 N–H and O–H groups in total. The predicted molar refractivity (Wildman–Crippen MR) is 62.6 cm³/mol. The number of guanidine groups is 1. The minimum absolute atomic E-state index is 0.527. The number of rotatable bonds is 3. The Morgan fingerprint density at radius 2 is 2.27 bits per heavy atom. The topological polar surface area (TPSA) is 54.5 Å². The Labute approximate surface area is 90.8 Å². The third-order valence-electron chi connectivity index (χ3n) is 2.15. The van der Waals surface area contributed by atoms with Gasteiger partial charge in [-0.25, -0.2) is 4.99 Å². The number of pyridine rings is 1. The first-order valence-corrected chi connectivity index (χ1v) is 5.04. The molecule has 0 spiro atoms. The van der Waals surface area contributed by atoms with Crippen LogP contribution in [0.25, 0.3) is 0 Å². The predicted octanol–water partition coefficient (Wildman–Crippen LogP) is 1.02. The average molecular weight is 206 g/mol. The second-order valence-corrected chi connectivity index (χ2v) is 3.58. The molecule has 0 aliphatic rings. The van der Waals surface area contributed by atoms with Gasteiger partial charge in [-0.15, -0.1) is 0 Å². The smallest absolute Gasteiger partial charge is 0.191 e. The molecular weight excluding hydrogens is 188 g/mol. The van der Waals surface area contributed by atoms with E-state index in [4.69, 9.17) is 5.73 Å². The summed E-state index contributed by atoms with van der Waals surface area (Å²) in [4.78, 5) is 10.2. The lowest BCUT2D eigenvalue weighted by Gasteiger charge is -2.10. The molecule has 0 saturated carbocycles. The van der Waals surface area contributed by atoms with Crippen molar-refractivity contribution in [3.63, 3.8) is 0 Å². The summed E-state index contributed by atoms with van der Waals surface area (Å²) in [5.74, 6) is 0.527. The van der Waals surface area contributed by atoms with Crippen LogP contribution in [-0.4, -0.2) is 29.9 Å². The van der Waals surface area contributed by atoms with Crippen LogP contribution in [0.3, 0.4) is 0 Å². The standard InChI is InChI=1S/C11H18N4/c1-4-9-5-6-13-10(7-9)8-14-11(12)15(2)3/h5-7H,4,8H2,1-3H3,(H2,12,14). The van der Waals surface area contributed by atoms with Gasteiger partial charge in [0.1, 0.15) is 0 Å². The summed E-state index contributed by atoms with van der Waals surface area (Å²) in [5.41, 5.74) is 7.92. The molecule has 0 saturated heterocycles. The Morgan fingerprint density at radius 1 is 1.53 bits per heavy atom. The molecule has 4 nitrogen and oxygen atoms in total. The number of aryl methyl sites for hydroxylation is 1. The van der Waals surface area contributed by atoms with Gasteiger partial charge in [0, 0.05) is 20.3 Å². The lowest BCUT2D eigenvalue weighted by atomic mass is 10.2. The Kier molecular flexibility index (Phi) is 4.09. The number of hydrogen-bond acceptors (Lipinski definition) is 2. The molecule has 1 rings (SSSR count). The van der Waals surface area contributed by atoms with Gasteiger partial charge in [0.15, 0.2) is 5.96 Å². The average Bonchev–Trinajstić information content (AvgIpc) is 2.26. The molecule has 15 heavy (non-hydrogen) atoms. The van der Waals surface area contributed by atoms with E-state index in [1.165, 1.54) is 5.56 Å². The summed E-state index contributed by atoms with van der Waals surface area (Å²) in [6.45, 7) is 2.66. The van der Waals surface area contributed by atoms with Gasteiger partial charge in [-0.05, 0) is 24.1 Å². The zero-order chi connectivity index (χ0) is 11.3. The molecule has 4 heteroatoms. The van der Waals surface area contributed by atoms with Crippen molar-refractivity contribution in [2.45, 2.75) is 19.9 Å². The molecule has 0 aromatic carbocycles. The minimum Gasteiger partial charge on any atom is -0.370 e. The Hall–Kier alpha value is -1.58. The first kappa shape index (κ1) is 11.5. The largest absolute Gasteiger partial charge is 0.370 e. The van der Waals surface area contributed by atoms with Gasteiger partial charge in [0.05, 0.1) is 12.2 Å². The van der Waals surface area contributed by atoms with Crippen molar-refractivity contribution in [2.75, 3.05) is 14.1 Å². The summed E-state index contributed by atoms with van der Waals surface area (Å²) < 4.78 is 0. The van der Waals surface area contributed by atoms with Crippen molar-refractivity contribution in [1.82, 2.24) is 9.88 Å². The van der Waals surface area contributed by atoms with Gasteiger partial charge in [0.2, 0.25) is 0 Å². The lowest BCUT2D eigenvalue weighted by Crippen LogP contribution is -2.30. The van der Waals surface area contributed by atoms with Crippen LogP contribution in [0.5, 0.6) is 0 Å². The fourth-order valence-corrected chi connectivity index (χ4v) is 1.14. The normalized spacial score (nSPS) is 11.5. The van der Waals surface area contributed by atoms with Crippen molar-refractivity contribution in [1.29, 1.82) is 0 Å². The molecule has 0 aliphatic carbocycles. The molecule has 0 fully saturated rings. The van der Waals surface area contributed by atoms with E-state index in [9.17, 15) is 0 Å². The monoisotopic (exact) mass is 206 g/mol. The SMILES string of the molecule is CCc1ccnc(CN=C(N)N(C)C)c1. The van der Waals surface area contributed by atoms with E-state index in [1.807, 2.05) is 26.4 Å². The number of aliphatic imine (C=N–C) groups is 1. The van der Waals surface area contributed by atoms with Crippen molar-refractivity contribution < 1.29 is 0 Å². The van der Waals surface area contributed by atoms with Crippen LogP contribution in [0.1, 0.15) is 18.2 Å². The van der Waals surface area contributed by atoms with Crippen LogP contribution in [0.4, 0.5) is 0 Å². The first-order valence-electron chi connectivity index (χ1n) is 5.04. The van der Waals surface area contributed by atoms with Crippen molar-refractivity contribution in [3.05, 3.63) is 29.6 Å². The van der Waals surface area contributed by atoms with Crippen LogP contribution in [0.2, 0.25) is 0 Å². The Balaban J connectivity index is 2.69. The molecule has 82 valence electrons. The molecule has 1 heterocycles. The zero-order valence-corrected chi connectivity index (χ0v) is 9.57. The van der Waals surface area contributed by atoms with E-state index in [0.717, 1.165) is 12.1 Å². The Morgan fingerprint density at radius 3 is 2.87 bits per heavy atom. The maximum absolute atomic E-state index is 5.68.